The number of hydrogen-bond acceptors (Lipinski definition) is 4. The van der Waals surface area contributed by atoms with Crippen LogP contribution in [0.1, 0.15) is 40.0 Å². The number of hydrogen-bond donors (Lipinski definition) is 2. The fraction of sp³-hybridized carbons (Fsp3) is 0.889. The van der Waals surface area contributed by atoms with Crippen molar-refractivity contribution in [1.29, 1.82) is 0 Å². The predicted molar refractivity (Wildman–Crippen MR) is 97.7 cm³/mol. The molecule has 0 aromatic carbocycles. The molecule has 2 N–H and O–H groups in total. The van der Waals surface area contributed by atoms with Crippen LogP contribution in [0.4, 0.5) is 4.79 Å². The molecule has 0 radical (unpaired) electrons. The van der Waals surface area contributed by atoms with Gasteiger partial charge in [-0.15, -0.1) is 0 Å². The van der Waals surface area contributed by atoms with E-state index in [1.165, 1.54) is 4.90 Å². The highest BCUT2D eigenvalue weighted by molar-refractivity contribution is 5.82. The van der Waals surface area contributed by atoms with Crippen LogP contribution in [-0.4, -0.2) is 89.7 Å². The lowest BCUT2D eigenvalue weighted by Crippen LogP contribution is -2.66. The molecule has 0 aromatic rings. The Hall–Kier alpha value is -1.34. The van der Waals surface area contributed by atoms with Crippen LogP contribution in [0.3, 0.4) is 0 Å². The van der Waals surface area contributed by atoms with E-state index >= 15 is 0 Å². The van der Waals surface area contributed by atoms with Crippen molar-refractivity contribution in [3.8, 4) is 0 Å². The summed E-state index contributed by atoms with van der Waals surface area (Å²) < 4.78 is 0. The summed E-state index contributed by atoms with van der Waals surface area (Å²) >= 11 is 0. The number of carboxylic acid groups (broad SMARTS) is 1. The van der Waals surface area contributed by atoms with E-state index in [-0.39, 0.29) is 17.5 Å². The van der Waals surface area contributed by atoms with Gasteiger partial charge in [-0.2, -0.15) is 0 Å². The Morgan fingerprint density at radius 1 is 1.24 bits per heavy atom. The van der Waals surface area contributed by atoms with Gasteiger partial charge in [0.1, 0.15) is 6.04 Å². The summed E-state index contributed by atoms with van der Waals surface area (Å²) in [4.78, 5) is 30.1. The van der Waals surface area contributed by atoms with Crippen LogP contribution in [0.2, 0.25) is 0 Å². The number of rotatable bonds is 5. The maximum absolute atomic E-state index is 12.8. The summed E-state index contributed by atoms with van der Waals surface area (Å²) in [5, 5.41) is 12.9. The van der Waals surface area contributed by atoms with Gasteiger partial charge in [-0.3, -0.25) is 4.90 Å². The summed E-state index contributed by atoms with van der Waals surface area (Å²) in [5.41, 5.74) is 0.147. The van der Waals surface area contributed by atoms with Gasteiger partial charge in [0.15, 0.2) is 0 Å². The highest BCUT2D eigenvalue weighted by Gasteiger charge is 2.43. The zero-order valence-corrected chi connectivity index (χ0v) is 16.1. The van der Waals surface area contributed by atoms with Crippen molar-refractivity contribution in [2.45, 2.75) is 51.6 Å². The quantitative estimate of drug-likeness (QED) is 0.778. The Balaban J connectivity index is 2.00. The second kappa shape index (κ2) is 8.36. The number of likely N-dealkylation sites (tertiary alicyclic amines) is 1. The molecule has 1 spiro atoms. The lowest BCUT2D eigenvalue weighted by Gasteiger charge is -2.52. The third-order valence-electron chi connectivity index (χ3n) is 5.75. The topological polar surface area (TPSA) is 76.1 Å². The number of aliphatic carboxylic acids is 1. The van der Waals surface area contributed by atoms with E-state index in [0.29, 0.717) is 13.1 Å². The number of amides is 2. The van der Waals surface area contributed by atoms with Crippen LogP contribution < -0.4 is 5.32 Å². The minimum absolute atomic E-state index is 0.120. The van der Waals surface area contributed by atoms with Crippen molar-refractivity contribution in [2.24, 2.45) is 5.92 Å². The number of nitrogens with zero attached hydrogens (tertiary/aromatic N) is 3. The molecular weight excluding hydrogens is 320 g/mol. The average molecular weight is 354 g/mol. The lowest BCUT2D eigenvalue weighted by atomic mass is 9.84. The van der Waals surface area contributed by atoms with Gasteiger partial charge in [-0.25, -0.2) is 9.59 Å². The molecule has 1 unspecified atom stereocenters. The second-order valence-corrected chi connectivity index (χ2v) is 7.80. The summed E-state index contributed by atoms with van der Waals surface area (Å²) in [7, 11) is 1.61. The predicted octanol–water partition coefficient (Wildman–Crippen LogP) is 1.30. The Kier molecular flexibility index (Phi) is 6.68. The fourth-order valence-electron chi connectivity index (χ4n) is 4.35. The zero-order valence-electron chi connectivity index (χ0n) is 16.1. The Morgan fingerprint density at radius 3 is 2.40 bits per heavy atom. The van der Waals surface area contributed by atoms with Crippen molar-refractivity contribution in [3.63, 3.8) is 0 Å². The van der Waals surface area contributed by atoms with Gasteiger partial charge in [0, 0.05) is 45.3 Å². The molecule has 1 atom stereocenters. The SMILES string of the molecule is CCCN1CCNCC12CCN(C(=O)N(C)C(C(=O)O)C(C)C)CC2. The molecule has 25 heavy (non-hydrogen) atoms. The third-order valence-corrected chi connectivity index (χ3v) is 5.75. The number of carbonyl (C=O) groups excluding carboxylic acids is 1. The summed E-state index contributed by atoms with van der Waals surface area (Å²) in [6, 6.07) is -0.946. The van der Waals surface area contributed by atoms with Crippen molar-refractivity contribution in [1.82, 2.24) is 20.0 Å². The van der Waals surface area contributed by atoms with E-state index in [0.717, 1.165) is 45.4 Å². The number of carboxylic acids is 1. The Morgan fingerprint density at radius 2 is 1.88 bits per heavy atom. The van der Waals surface area contributed by atoms with E-state index in [9.17, 15) is 14.7 Å². The average Bonchev–Trinajstić information content (AvgIpc) is 2.56. The molecule has 2 aliphatic heterocycles. The minimum Gasteiger partial charge on any atom is -0.480 e. The maximum atomic E-state index is 12.8. The largest absolute Gasteiger partial charge is 0.480 e. The molecule has 0 bridgehead atoms. The molecule has 2 amide bonds. The van der Waals surface area contributed by atoms with Crippen LogP contribution in [0.15, 0.2) is 0 Å². The normalized spacial score (nSPS) is 22.2. The first-order chi connectivity index (χ1) is 11.8. The van der Waals surface area contributed by atoms with Crippen LogP contribution in [0.25, 0.3) is 0 Å². The first-order valence-corrected chi connectivity index (χ1v) is 9.52. The number of likely N-dealkylation sites (N-methyl/N-ethyl adjacent to an activating group) is 1. The van der Waals surface area contributed by atoms with Crippen LogP contribution in [-0.2, 0) is 4.79 Å². The number of nitrogens with one attached hydrogen (secondary N) is 1. The van der Waals surface area contributed by atoms with Gasteiger partial charge in [0.2, 0.25) is 0 Å². The lowest BCUT2D eigenvalue weighted by molar-refractivity contribution is -0.143. The van der Waals surface area contributed by atoms with Crippen LogP contribution >= 0.6 is 0 Å². The monoisotopic (exact) mass is 354 g/mol. The molecule has 0 aromatic heterocycles. The van der Waals surface area contributed by atoms with Gasteiger partial charge in [-0.05, 0) is 31.7 Å². The van der Waals surface area contributed by atoms with Crippen molar-refractivity contribution in [3.05, 3.63) is 0 Å². The molecule has 2 rings (SSSR count). The highest BCUT2D eigenvalue weighted by Crippen LogP contribution is 2.31. The van der Waals surface area contributed by atoms with E-state index in [2.05, 4.69) is 17.1 Å². The van der Waals surface area contributed by atoms with Gasteiger partial charge in [-0.1, -0.05) is 20.8 Å². The van der Waals surface area contributed by atoms with E-state index in [1.54, 1.807) is 7.05 Å². The molecular formula is C18H34N4O3. The van der Waals surface area contributed by atoms with Crippen molar-refractivity contribution < 1.29 is 14.7 Å². The van der Waals surface area contributed by atoms with E-state index in [4.69, 9.17) is 0 Å². The van der Waals surface area contributed by atoms with Crippen molar-refractivity contribution in [2.75, 3.05) is 46.3 Å². The molecule has 7 heteroatoms. The molecule has 144 valence electrons. The third kappa shape index (κ3) is 4.26. The molecule has 0 saturated carbocycles. The fourth-order valence-corrected chi connectivity index (χ4v) is 4.35. The molecule has 2 heterocycles. The first-order valence-electron chi connectivity index (χ1n) is 9.52. The number of piperidine rings is 1. The van der Waals surface area contributed by atoms with Gasteiger partial charge in [0.05, 0.1) is 0 Å². The minimum atomic E-state index is -0.940. The highest BCUT2D eigenvalue weighted by atomic mass is 16.4. The Labute approximate surface area is 151 Å². The van der Waals surface area contributed by atoms with E-state index < -0.39 is 12.0 Å². The second-order valence-electron chi connectivity index (χ2n) is 7.80. The number of carbonyl (C=O) groups is 2. The standard InChI is InChI=1S/C18H34N4O3/c1-5-9-22-12-8-19-13-18(22)6-10-21(11-7-18)17(25)20(4)15(14(2)3)16(23)24/h14-15,19H,5-13H2,1-4H3,(H,23,24). The van der Waals surface area contributed by atoms with Crippen molar-refractivity contribution >= 4 is 12.0 Å². The summed E-state index contributed by atoms with van der Waals surface area (Å²) in [6.07, 6.45) is 3.03. The maximum Gasteiger partial charge on any atom is 0.326 e. The summed E-state index contributed by atoms with van der Waals surface area (Å²) in [5.74, 6) is -1.06. The molecule has 2 saturated heterocycles. The zero-order chi connectivity index (χ0) is 18.6. The number of urea groups is 1. The van der Waals surface area contributed by atoms with Crippen LogP contribution in [0.5, 0.6) is 0 Å². The van der Waals surface area contributed by atoms with Gasteiger partial charge >= 0.3 is 12.0 Å². The smallest absolute Gasteiger partial charge is 0.326 e. The molecule has 2 aliphatic rings. The number of piperazine rings is 1. The van der Waals surface area contributed by atoms with E-state index in [1.807, 2.05) is 18.7 Å². The molecule has 0 aliphatic carbocycles. The van der Waals surface area contributed by atoms with Gasteiger partial charge in [0.25, 0.3) is 0 Å². The molecule has 2 fully saturated rings. The Bertz CT molecular complexity index is 473. The first kappa shape index (κ1) is 20.0. The van der Waals surface area contributed by atoms with Crippen LogP contribution in [0, 0.1) is 5.92 Å². The molecule has 7 nitrogen and oxygen atoms in total. The van der Waals surface area contributed by atoms with Gasteiger partial charge < -0.3 is 20.2 Å². The summed E-state index contributed by atoms with van der Waals surface area (Å²) in [6.45, 7) is 11.4.